The molecule has 1 fully saturated rings. The quantitative estimate of drug-likeness (QED) is 0.722. The van der Waals surface area contributed by atoms with Gasteiger partial charge in [-0.15, -0.1) is 0 Å². The topological polar surface area (TPSA) is 116 Å². The Balaban J connectivity index is 2.38. The molecule has 0 amide bonds. The van der Waals surface area contributed by atoms with Crippen molar-refractivity contribution in [3.63, 3.8) is 0 Å². The maximum Gasteiger partial charge on any atom is 0.324 e. The van der Waals surface area contributed by atoms with E-state index in [1.54, 1.807) is 0 Å². The third kappa shape index (κ3) is 2.58. The minimum Gasteiger partial charge on any atom is -0.480 e. The molecule has 0 bridgehead atoms. The first-order valence-corrected chi connectivity index (χ1v) is 7.94. The molecule has 0 spiro atoms. The number of hydrogen-bond donors (Lipinski definition) is 3. The second-order valence-corrected chi connectivity index (χ2v) is 7.68. The summed E-state index contributed by atoms with van der Waals surface area (Å²) in [6, 6.07) is 0. The molecule has 1 heterocycles. The summed E-state index contributed by atoms with van der Waals surface area (Å²) in [6.07, 6.45) is 1.35. The van der Waals surface area contributed by atoms with Crippen LogP contribution >= 0.6 is 11.3 Å². The molecule has 0 aromatic carbocycles. The Bertz CT molecular complexity index is 670. The van der Waals surface area contributed by atoms with Crippen molar-refractivity contribution in [1.82, 2.24) is 9.71 Å². The maximum absolute atomic E-state index is 12.2. The molecule has 1 atom stereocenters. The average Bonchev–Trinajstić information content (AvgIpc) is 3.04. The number of aromatic amines is 1. The molecule has 1 saturated carbocycles. The first kappa shape index (κ1) is 14.2. The van der Waals surface area contributed by atoms with E-state index >= 15 is 0 Å². The fourth-order valence-electron chi connectivity index (χ4n) is 1.93. The zero-order valence-electron chi connectivity index (χ0n) is 10.4. The third-order valence-electron chi connectivity index (χ3n) is 3.21. The molecule has 1 unspecified atom stereocenters. The fourth-order valence-corrected chi connectivity index (χ4v) is 4.66. The van der Waals surface area contributed by atoms with E-state index in [4.69, 9.17) is 0 Å². The summed E-state index contributed by atoms with van der Waals surface area (Å²) in [4.78, 5) is 24.4. The highest BCUT2D eigenvalue weighted by Crippen LogP contribution is 2.40. The molecule has 3 N–H and O–H groups in total. The van der Waals surface area contributed by atoms with E-state index < -0.39 is 26.4 Å². The van der Waals surface area contributed by atoms with Crippen LogP contribution in [0.4, 0.5) is 0 Å². The van der Waals surface area contributed by atoms with Crippen LogP contribution in [0.15, 0.2) is 9.00 Å². The van der Waals surface area contributed by atoms with Crippen LogP contribution in [0.3, 0.4) is 0 Å². The van der Waals surface area contributed by atoms with Crippen molar-refractivity contribution >= 4 is 27.3 Å². The van der Waals surface area contributed by atoms with Crippen LogP contribution in [0.2, 0.25) is 0 Å². The molecule has 1 aromatic heterocycles. The Labute approximate surface area is 113 Å². The summed E-state index contributed by atoms with van der Waals surface area (Å²) in [5.74, 6) is -1.42. The molecular weight excluding hydrogens is 292 g/mol. The molecule has 2 rings (SSSR count). The standard InChI is InChI=1S/C10H14N2O5S2/c1-5-7(18-9(15)11-5)19(16,17)12-10(2,8(13)14)6-3-4-6/h6,12H,3-4H2,1-2H3,(H,11,15)(H,13,14). The molecular formula is C10H14N2O5S2. The van der Waals surface area contributed by atoms with Gasteiger partial charge in [-0.1, -0.05) is 11.3 Å². The van der Waals surface area contributed by atoms with Crippen LogP contribution in [0.25, 0.3) is 0 Å². The van der Waals surface area contributed by atoms with E-state index in [9.17, 15) is 23.1 Å². The van der Waals surface area contributed by atoms with Crippen LogP contribution in [0.1, 0.15) is 25.5 Å². The molecule has 106 valence electrons. The number of rotatable bonds is 5. The summed E-state index contributed by atoms with van der Waals surface area (Å²) in [6.45, 7) is 2.82. The van der Waals surface area contributed by atoms with E-state index in [1.807, 2.05) is 0 Å². The molecule has 0 aliphatic heterocycles. The Morgan fingerprint density at radius 2 is 2.11 bits per heavy atom. The van der Waals surface area contributed by atoms with E-state index in [1.165, 1.54) is 13.8 Å². The van der Waals surface area contributed by atoms with E-state index in [0.717, 1.165) is 0 Å². The van der Waals surface area contributed by atoms with Crippen LogP contribution in [0.5, 0.6) is 0 Å². The van der Waals surface area contributed by atoms with Gasteiger partial charge in [0.1, 0.15) is 5.54 Å². The predicted octanol–water partition coefficient (Wildman–Crippen LogP) is 0.276. The van der Waals surface area contributed by atoms with Crippen LogP contribution in [-0.4, -0.2) is 30.0 Å². The fraction of sp³-hybridized carbons (Fsp3) is 0.600. The van der Waals surface area contributed by atoms with Crippen LogP contribution < -0.4 is 9.60 Å². The highest BCUT2D eigenvalue weighted by Gasteiger charge is 2.50. The number of aryl methyl sites for hydroxylation is 1. The van der Waals surface area contributed by atoms with Crippen molar-refractivity contribution in [2.75, 3.05) is 0 Å². The first-order valence-electron chi connectivity index (χ1n) is 5.64. The average molecular weight is 306 g/mol. The lowest BCUT2D eigenvalue weighted by Crippen LogP contribution is -2.53. The number of aliphatic carboxylic acids is 1. The second kappa shape index (κ2) is 4.43. The summed E-state index contributed by atoms with van der Waals surface area (Å²) in [7, 11) is -4.02. The minimum absolute atomic E-state index is 0.161. The molecule has 0 radical (unpaired) electrons. The summed E-state index contributed by atoms with van der Waals surface area (Å²) in [5.41, 5.74) is -1.32. The number of aromatic nitrogens is 1. The molecule has 9 heteroatoms. The Morgan fingerprint density at radius 3 is 2.47 bits per heavy atom. The number of H-pyrrole nitrogens is 1. The maximum atomic E-state index is 12.2. The van der Waals surface area contributed by atoms with Gasteiger partial charge in [-0.3, -0.25) is 9.59 Å². The normalized spacial score (nSPS) is 19.1. The molecule has 0 saturated heterocycles. The SMILES string of the molecule is Cc1[nH]c(=O)sc1S(=O)(=O)NC(C)(C(=O)O)C1CC1. The van der Waals surface area contributed by atoms with Gasteiger partial charge in [0.2, 0.25) is 0 Å². The zero-order chi connectivity index (χ0) is 14.4. The lowest BCUT2D eigenvalue weighted by atomic mass is 9.98. The van der Waals surface area contributed by atoms with Gasteiger partial charge < -0.3 is 10.1 Å². The number of carboxylic acids is 1. The molecule has 1 aliphatic carbocycles. The Hall–Kier alpha value is -1.19. The van der Waals surface area contributed by atoms with E-state index in [0.29, 0.717) is 24.2 Å². The zero-order valence-corrected chi connectivity index (χ0v) is 12.0. The highest BCUT2D eigenvalue weighted by atomic mass is 32.2. The number of thiazole rings is 1. The second-order valence-electron chi connectivity index (χ2n) is 4.81. The van der Waals surface area contributed by atoms with Gasteiger partial charge in [0, 0.05) is 5.69 Å². The molecule has 1 aromatic rings. The van der Waals surface area contributed by atoms with Gasteiger partial charge in [-0.2, -0.15) is 4.72 Å². The third-order valence-corrected chi connectivity index (χ3v) is 6.38. The number of hydrogen-bond acceptors (Lipinski definition) is 5. The van der Waals surface area contributed by atoms with Crippen molar-refractivity contribution in [3.05, 3.63) is 15.4 Å². The van der Waals surface area contributed by atoms with Crippen LogP contribution in [0, 0.1) is 12.8 Å². The lowest BCUT2D eigenvalue weighted by molar-refractivity contribution is -0.144. The van der Waals surface area contributed by atoms with Gasteiger partial charge in [0.05, 0.1) is 0 Å². The van der Waals surface area contributed by atoms with Gasteiger partial charge in [-0.25, -0.2) is 8.42 Å². The van der Waals surface area contributed by atoms with Crippen molar-refractivity contribution < 1.29 is 18.3 Å². The van der Waals surface area contributed by atoms with E-state index in [2.05, 4.69) is 9.71 Å². The summed E-state index contributed by atoms with van der Waals surface area (Å²) in [5, 5.41) is 9.23. The largest absolute Gasteiger partial charge is 0.480 e. The van der Waals surface area contributed by atoms with Gasteiger partial charge >= 0.3 is 10.8 Å². The highest BCUT2D eigenvalue weighted by molar-refractivity contribution is 7.91. The van der Waals surface area contributed by atoms with Crippen LogP contribution in [-0.2, 0) is 14.8 Å². The van der Waals surface area contributed by atoms with Crippen molar-refractivity contribution in [2.45, 2.75) is 36.4 Å². The number of carbonyl (C=O) groups is 1. The predicted molar refractivity (Wildman–Crippen MR) is 68.8 cm³/mol. The monoisotopic (exact) mass is 306 g/mol. The summed E-state index contributed by atoms with van der Waals surface area (Å²) < 4.78 is 26.5. The lowest BCUT2D eigenvalue weighted by Gasteiger charge is -2.25. The molecule has 19 heavy (non-hydrogen) atoms. The van der Waals surface area contributed by atoms with Gasteiger partial charge in [0.25, 0.3) is 10.0 Å². The number of sulfonamides is 1. The summed E-state index contributed by atoms with van der Waals surface area (Å²) >= 11 is 0.551. The Morgan fingerprint density at radius 1 is 1.53 bits per heavy atom. The number of carboxylic acid groups (broad SMARTS) is 1. The smallest absolute Gasteiger partial charge is 0.324 e. The van der Waals surface area contributed by atoms with Gasteiger partial charge in [0.15, 0.2) is 4.21 Å². The van der Waals surface area contributed by atoms with Crippen molar-refractivity contribution in [1.29, 1.82) is 0 Å². The van der Waals surface area contributed by atoms with E-state index in [-0.39, 0.29) is 15.8 Å². The van der Waals surface area contributed by atoms with Gasteiger partial charge in [-0.05, 0) is 32.6 Å². The number of nitrogens with one attached hydrogen (secondary N) is 2. The first-order chi connectivity index (χ1) is 8.67. The molecule has 1 aliphatic rings. The van der Waals surface area contributed by atoms with Crippen molar-refractivity contribution in [3.8, 4) is 0 Å². The minimum atomic E-state index is -4.02. The Kier molecular flexibility index (Phi) is 3.31. The molecule has 7 nitrogen and oxygen atoms in total. The van der Waals surface area contributed by atoms with Crippen molar-refractivity contribution in [2.24, 2.45) is 5.92 Å².